The molecule has 8 heteroatoms. The maximum atomic E-state index is 11.3. The number of non-ortho nitro benzene ring substituents is 1. The molecule has 4 N–H and O–H groups in total. The van der Waals surface area contributed by atoms with E-state index in [2.05, 4.69) is 4.98 Å². The lowest BCUT2D eigenvalue weighted by molar-refractivity contribution is -0.384. The lowest BCUT2D eigenvalue weighted by atomic mass is 10.2. The molecular formula is C16H15N5O3. The van der Waals surface area contributed by atoms with E-state index in [0.29, 0.717) is 30.0 Å². The summed E-state index contributed by atoms with van der Waals surface area (Å²) in [6.45, 7) is 0.932. The number of amides is 1. The third-order valence-electron chi connectivity index (χ3n) is 3.72. The van der Waals surface area contributed by atoms with Crippen molar-refractivity contribution < 1.29 is 9.72 Å². The Morgan fingerprint density at radius 3 is 2.50 bits per heavy atom. The van der Waals surface area contributed by atoms with Crippen LogP contribution >= 0.6 is 0 Å². The van der Waals surface area contributed by atoms with Crippen molar-refractivity contribution >= 4 is 22.6 Å². The number of carbonyl (C=O) groups is 1. The third kappa shape index (κ3) is 2.70. The zero-order valence-corrected chi connectivity index (χ0v) is 12.7. The molecule has 0 aliphatic heterocycles. The SMILES string of the molecule is NCCn1c(-c2ccc([N+](=O)[O-])cc2)nc2cc(C(N)=O)ccc21. The summed E-state index contributed by atoms with van der Waals surface area (Å²) < 4.78 is 1.92. The van der Waals surface area contributed by atoms with E-state index in [1.807, 2.05) is 4.57 Å². The van der Waals surface area contributed by atoms with Gasteiger partial charge in [-0.1, -0.05) is 0 Å². The fourth-order valence-electron chi connectivity index (χ4n) is 2.59. The second-order valence-electron chi connectivity index (χ2n) is 5.25. The summed E-state index contributed by atoms with van der Waals surface area (Å²) in [6, 6.07) is 11.2. The van der Waals surface area contributed by atoms with E-state index in [1.54, 1.807) is 30.3 Å². The van der Waals surface area contributed by atoms with Crippen molar-refractivity contribution in [3.63, 3.8) is 0 Å². The van der Waals surface area contributed by atoms with Gasteiger partial charge in [0.25, 0.3) is 5.69 Å². The quantitative estimate of drug-likeness (QED) is 0.544. The van der Waals surface area contributed by atoms with Crippen molar-refractivity contribution in [2.75, 3.05) is 6.54 Å². The van der Waals surface area contributed by atoms with Crippen LogP contribution in [0.25, 0.3) is 22.4 Å². The van der Waals surface area contributed by atoms with Gasteiger partial charge in [-0.05, 0) is 30.3 Å². The molecule has 0 bridgehead atoms. The molecule has 24 heavy (non-hydrogen) atoms. The third-order valence-corrected chi connectivity index (χ3v) is 3.72. The molecule has 2 aromatic carbocycles. The normalized spacial score (nSPS) is 10.9. The van der Waals surface area contributed by atoms with Crippen LogP contribution in [0, 0.1) is 10.1 Å². The minimum atomic E-state index is -0.526. The Labute approximate surface area is 136 Å². The Morgan fingerprint density at radius 1 is 1.21 bits per heavy atom. The summed E-state index contributed by atoms with van der Waals surface area (Å²) in [5, 5.41) is 10.8. The van der Waals surface area contributed by atoms with Crippen LogP contribution in [0.4, 0.5) is 5.69 Å². The van der Waals surface area contributed by atoms with Crippen LogP contribution < -0.4 is 11.5 Å². The van der Waals surface area contributed by atoms with E-state index in [9.17, 15) is 14.9 Å². The summed E-state index contributed by atoms with van der Waals surface area (Å²) in [4.78, 5) is 26.2. The predicted octanol–water partition coefficient (Wildman–Crippen LogP) is 1.67. The molecule has 0 radical (unpaired) electrons. The van der Waals surface area contributed by atoms with Crippen molar-refractivity contribution in [2.24, 2.45) is 11.5 Å². The number of imidazole rings is 1. The van der Waals surface area contributed by atoms with Crippen molar-refractivity contribution in [3.05, 3.63) is 58.1 Å². The van der Waals surface area contributed by atoms with E-state index in [-0.39, 0.29) is 5.69 Å². The Morgan fingerprint density at radius 2 is 1.92 bits per heavy atom. The average molecular weight is 325 g/mol. The van der Waals surface area contributed by atoms with Gasteiger partial charge < -0.3 is 16.0 Å². The molecule has 3 aromatic rings. The van der Waals surface area contributed by atoms with Gasteiger partial charge in [-0.15, -0.1) is 0 Å². The van der Waals surface area contributed by atoms with Gasteiger partial charge in [0.05, 0.1) is 16.0 Å². The highest BCUT2D eigenvalue weighted by Gasteiger charge is 2.15. The minimum absolute atomic E-state index is 0.0104. The van der Waals surface area contributed by atoms with Crippen LogP contribution in [-0.4, -0.2) is 26.9 Å². The summed E-state index contributed by atoms with van der Waals surface area (Å²) in [5.74, 6) is 0.106. The second kappa shape index (κ2) is 6.09. The predicted molar refractivity (Wildman–Crippen MR) is 89.4 cm³/mol. The summed E-state index contributed by atoms with van der Waals surface area (Å²) >= 11 is 0. The van der Waals surface area contributed by atoms with Crippen molar-refractivity contribution in [1.29, 1.82) is 0 Å². The van der Waals surface area contributed by atoms with E-state index >= 15 is 0 Å². The molecule has 0 aliphatic rings. The van der Waals surface area contributed by atoms with Crippen LogP contribution in [0.1, 0.15) is 10.4 Å². The highest BCUT2D eigenvalue weighted by Crippen LogP contribution is 2.27. The first-order valence-corrected chi connectivity index (χ1v) is 7.26. The molecule has 122 valence electrons. The molecule has 1 heterocycles. The largest absolute Gasteiger partial charge is 0.366 e. The first kappa shape index (κ1) is 15.6. The Bertz CT molecular complexity index is 931. The topological polar surface area (TPSA) is 130 Å². The van der Waals surface area contributed by atoms with Crippen molar-refractivity contribution in [2.45, 2.75) is 6.54 Å². The first-order valence-electron chi connectivity index (χ1n) is 7.26. The van der Waals surface area contributed by atoms with Gasteiger partial charge in [0.1, 0.15) is 5.82 Å². The number of fused-ring (bicyclic) bond motifs is 1. The maximum Gasteiger partial charge on any atom is 0.269 e. The molecule has 0 saturated heterocycles. The van der Waals surface area contributed by atoms with Crippen LogP contribution in [0.15, 0.2) is 42.5 Å². The van der Waals surface area contributed by atoms with Gasteiger partial charge in [-0.3, -0.25) is 14.9 Å². The van der Waals surface area contributed by atoms with Crippen molar-refractivity contribution in [3.8, 4) is 11.4 Å². The van der Waals surface area contributed by atoms with E-state index in [4.69, 9.17) is 11.5 Å². The number of nitrogens with zero attached hydrogens (tertiary/aromatic N) is 3. The van der Waals surface area contributed by atoms with Gasteiger partial charge in [0.15, 0.2) is 0 Å². The molecule has 0 unspecified atom stereocenters. The molecule has 0 spiro atoms. The van der Waals surface area contributed by atoms with Crippen molar-refractivity contribution in [1.82, 2.24) is 9.55 Å². The fourth-order valence-corrected chi connectivity index (χ4v) is 2.59. The number of carbonyl (C=O) groups excluding carboxylic acids is 1. The lowest BCUT2D eigenvalue weighted by Gasteiger charge is -2.07. The van der Waals surface area contributed by atoms with Crippen LogP contribution in [0.5, 0.6) is 0 Å². The zero-order valence-electron chi connectivity index (χ0n) is 12.7. The van der Waals surface area contributed by atoms with Crippen LogP contribution in [0.3, 0.4) is 0 Å². The molecule has 0 fully saturated rings. The van der Waals surface area contributed by atoms with E-state index in [1.165, 1.54) is 12.1 Å². The molecular weight excluding hydrogens is 310 g/mol. The van der Waals surface area contributed by atoms with Gasteiger partial charge in [0, 0.05) is 36.3 Å². The number of primary amides is 1. The summed E-state index contributed by atoms with van der Waals surface area (Å²) in [5.41, 5.74) is 13.5. The number of rotatable bonds is 5. The highest BCUT2D eigenvalue weighted by atomic mass is 16.6. The average Bonchev–Trinajstić information content (AvgIpc) is 2.93. The minimum Gasteiger partial charge on any atom is -0.366 e. The first-order chi connectivity index (χ1) is 11.5. The lowest BCUT2D eigenvalue weighted by Crippen LogP contribution is -2.12. The highest BCUT2D eigenvalue weighted by molar-refractivity contribution is 5.96. The summed E-state index contributed by atoms with van der Waals surface area (Å²) in [7, 11) is 0. The van der Waals surface area contributed by atoms with Gasteiger partial charge >= 0.3 is 0 Å². The Kier molecular flexibility index (Phi) is 3.97. The number of nitrogens with two attached hydrogens (primary N) is 2. The van der Waals surface area contributed by atoms with E-state index in [0.717, 1.165) is 11.1 Å². The number of nitro benzene ring substituents is 1. The Balaban J connectivity index is 2.16. The second-order valence-corrected chi connectivity index (χ2v) is 5.25. The fraction of sp³-hybridized carbons (Fsp3) is 0.125. The van der Waals surface area contributed by atoms with Gasteiger partial charge in [0.2, 0.25) is 5.91 Å². The molecule has 8 nitrogen and oxygen atoms in total. The number of nitro groups is 1. The standard InChI is InChI=1S/C16H15N5O3/c17-7-8-20-14-6-3-11(15(18)22)9-13(14)19-16(20)10-1-4-12(5-2-10)21(23)24/h1-6,9H,7-8,17H2,(H2,18,22). The molecule has 1 amide bonds. The van der Waals surface area contributed by atoms with E-state index < -0.39 is 10.8 Å². The molecule has 3 rings (SSSR count). The molecule has 0 aliphatic carbocycles. The summed E-state index contributed by atoms with van der Waals surface area (Å²) in [6.07, 6.45) is 0. The van der Waals surface area contributed by atoms with Gasteiger partial charge in [-0.2, -0.15) is 0 Å². The number of hydrogen-bond donors (Lipinski definition) is 2. The maximum absolute atomic E-state index is 11.3. The molecule has 1 aromatic heterocycles. The zero-order chi connectivity index (χ0) is 17.3. The molecule has 0 saturated carbocycles. The molecule has 0 atom stereocenters. The van der Waals surface area contributed by atoms with Crippen LogP contribution in [0.2, 0.25) is 0 Å². The Hall–Kier alpha value is -3.26. The monoisotopic (exact) mass is 325 g/mol. The number of hydrogen-bond acceptors (Lipinski definition) is 5. The van der Waals surface area contributed by atoms with Crippen LogP contribution in [-0.2, 0) is 6.54 Å². The van der Waals surface area contributed by atoms with Gasteiger partial charge in [-0.25, -0.2) is 4.98 Å². The number of aromatic nitrogens is 2. The number of benzene rings is 2. The smallest absolute Gasteiger partial charge is 0.269 e.